The second kappa shape index (κ2) is 12.6. The fourth-order valence-corrected chi connectivity index (χ4v) is 4.42. The van der Waals surface area contributed by atoms with Gasteiger partial charge in [-0.25, -0.2) is 0 Å². The number of amides is 1. The molecular weight excluding hydrogens is 493 g/mol. The summed E-state index contributed by atoms with van der Waals surface area (Å²) in [5.74, 6) is 0.187. The van der Waals surface area contributed by atoms with E-state index < -0.39 is 6.10 Å². The van der Waals surface area contributed by atoms with E-state index in [1.54, 1.807) is 6.92 Å². The molecule has 0 radical (unpaired) electrons. The van der Waals surface area contributed by atoms with Gasteiger partial charge in [-0.05, 0) is 66.7 Å². The lowest BCUT2D eigenvalue weighted by molar-refractivity contribution is -0.123. The smallest absolute Gasteiger partial charge is 0.265 e. The van der Waals surface area contributed by atoms with Crippen LogP contribution in [0.5, 0.6) is 11.5 Å². The van der Waals surface area contributed by atoms with Crippen LogP contribution in [-0.4, -0.2) is 17.1 Å². The third kappa shape index (κ3) is 7.10. The molecule has 0 fully saturated rings. The van der Waals surface area contributed by atoms with Gasteiger partial charge in [-0.3, -0.25) is 4.79 Å². The molecule has 2 rings (SSSR count). The molecule has 0 aliphatic heterocycles. The molecule has 6 heteroatoms. The second-order valence-corrected chi connectivity index (χ2v) is 11.8. The molecule has 0 aromatic heterocycles. The number of hydrogen-bond acceptors (Lipinski definition) is 3. The summed E-state index contributed by atoms with van der Waals surface area (Å²) in [4.78, 5) is 13.4. The van der Waals surface area contributed by atoms with Crippen LogP contribution < -0.4 is 10.1 Å². The summed E-state index contributed by atoms with van der Waals surface area (Å²) in [6.07, 6.45) is 4.66. The molecule has 0 spiro atoms. The highest BCUT2D eigenvalue weighted by atomic mass is 35.5. The third-order valence-corrected chi connectivity index (χ3v) is 8.42. The first-order chi connectivity index (χ1) is 16.8. The van der Waals surface area contributed by atoms with Gasteiger partial charge >= 0.3 is 0 Å². The van der Waals surface area contributed by atoms with Crippen LogP contribution >= 0.6 is 23.2 Å². The largest absolute Gasteiger partial charge is 0.504 e. The van der Waals surface area contributed by atoms with Crippen molar-refractivity contribution in [2.24, 2.45) is 0 Å². The van der Waals surface area contributed by atoms with Crippen molar-refractivity contribution in [1.29, 1.82) is 0 Å². The predicted molar refractivity (Wildman–Crippen MR) is 153 cm³/mol. The quantitative estimate of drug-likeness (QED) is 0.210. The average molecular weight is 537 g/mol. The number of carbonyl (C=O) groups excluding carboxylic acids is 1. The molecule has 1 unspecified atom stereocenters. The minimum Gasteiger partial charge on any atom is -0.504 e. The predicted octanol–water partition coefficient (Wildman–Crippen LogP) is 9.35. The van der Waals surface area contributed by atoms with Gasteiger partial charge in [-0.2, -0.15) is 0 Å². The Balaban J connectivity index is 2.47. The molecule has 1 amide bonds. The number of phenols is 1. The van der Waals surface area contributed by atoms with Crippen molar-refractivity contribution in [3.8, 4) is 11.5 Å². The maximum atomic E-state index is 13.4. The number of halogens is 2. The molecule has 0 aliphatic carbocycles. The summed E-state index contributed by atoms with van der Waals surface area (Å²) < 4.78 is 6.48. The van der Waals surface area contributed by atoms with E-state index in [9.17, 15) is 9.90 Å². The van der Waals surface area contributed by atoms with Crippen LogP contribution in [0.25, 0.3) is 0 Å². The Hall–Kier alpha value is -1.91. The summed E-state index contributed by atoms with van der Waals surface area (Å²) in [5.41, 5.74) is 3.01. The maximum absolute atomic E-state index is 13.4. The van der Waals surface area contributed by atoms with Crippen molar-refractivity contribution < 1.29 is 14.6 Å². The topological polar surface area (TPSA) is 58.6 Å². The molecule has 2 aromatic rings. The first kappa shape index (κ1) is 30.3. The molecule has 0 bridgehead atoms. The SMILES string of the molecule is CCCCCC(Oc1ccc(C(C)(C)CC)cc1C(C)(C)CC)C(=O)Nc1cc(Cl)c(C)c(Cl)c1O. The molecule has 0 saturated carbocycles. The van der Waals surface area contributed by atoms with E-state index in [0.29, 0.717) is 17.0 Å². The van der Waals surface area contributed by atoms with Crippen molar-refractivity contribution in [2.75, 3.05) is 5.32 Å². The van der Waals surface area contributed by atoms with Crippen LogP contribution in [-0.2, 0) is 15.6 Å². The van der Waals surface area contributed by atoms with Crippen LogP contribution in [0.15, 0.2) is 24.3 Å². The van der Waals surface area contributed by atoms with Crippen LogP contribution in [0.4, 0.5) is 5.69 Å². The molecule has 0 aliphatic rings. The zero-order valence-electron chi connectivity index (χ0n) is 23.1. The van der Waals surface area contributed by atoms with Crippen molar-refractivity contribution in [3.63, 3.8) is 0 Å². The molecule has 1 atom stereocenters. The van der Waals surface area contributed by atoms with Crippen LogP contribution in [0.3, 0.4) is 0 Å². The van der Waals surface area contributed by atoms with Gasteiger partial charge in [0, 0.05) is 10.6 Å². The number of ether oxygens (including phenoxy) is 1. The second-order valence-electron chi connectivity index (χ2n) is 11.0. The lowest BCUT2D eigenvalue weighted by Crippen LogP contribution is -2.34. The Morgan fingerprint density at radius 3 is 2.25 bits per heavy atom. The van der Waals surface area contributed by atoms with E-state index in [2.05, 4.69) is 65.9 Å². The minimum absolute atomic E-state index is 0.0382. The van der Waals surface area contributed by atoms with Crippen molar-refractivity contribution in [2.45, 2.75) is 111 Å². The normalized spacial score (nSPS) is 12.9. The lowest BCUT2D eigenvalue weighted by Gasteiger charge is -2.31. The Morgan fingerprint density at radius 2 is 1.67 bits per heavy atom. The number of aromatic hydroxyl groups is 1. The van der Waals surface area contributed by atoms with E-state index in [1.807, 2.05) is 6.07 Å². The van der Waals surface area contributed by atoms with E-state index in [-0.39, 0.29) is 33.2 Å². The van der Waals surface area contributed by atoms with Gasteiger partial charge in [0.25, 0.3) is 5.91 Å². The molecule has 0 saturated heterocycles. The third-order valence-electron chi connectivity index (χ3n) is 7.57. The van der Waals surface area contributed by atoms with E-state index >= 15 is 0 Å². The number of anilines is 1. The fourth-order valence-electron chi connectivity index (χ4n) is 3.97. The molecule has 200 valence electrons. The lowest BCUT2D eigenvalue weighted by atomic mass is 9.76. The average Bonchev–Trinajstić information content (AvgIpc) is 2.85. The Bertz CT molecular complexity index is 1060. The number of phenolic OH excluding ortho intramolecular Hbond substituents is 1. The summed E-state index contributed by atoms with van der Waals surface area (Å²) >= 11 is 12.5. The molecule has 2 N–H and O–H groups in total. The number of hydrogen-bond donors (Lipinski definition) is 2. The van der Waals surface area contributed by atoms with Gasteiger partial charge in [0.1, 0.15) is 5.75 Å². The van der Waals surface area contributed by atoms with Gasteiger partial charge < -0.3 is 15.2 Å². The summed E-state index contributed by atoms with van der Waals surface area (Å²) in [5, 5.41) is 13.8. The van der Waals surface area contributed by atoms with Crippen molar-refractivity contribution in [3.05, 3.63) is 51.0 Å². The van der Waals surface area contributed by atoms with Crippen molar-refractivity contribution >= 4 is 34.8 Å². The number of nitrogens with one attached hydrogen (secondary N) is 1. The zero-order valence-corrected chi connectivity index (χ0v) is 24.7. The van der Waals surface area contributed by atoms with E-state index in [0.717, 1.165) is 43.4 Å². The Kier molecular flexibility index (Phi) is 10.6. The van der Waals surface area contributed by atoms with Crippen LogP contribution in [0.2, 0.25) is 10.0 Å². The molecule has 0 heterocycles. The first-order valence-corrected chi connectivity index (χ1v) is 13.8. The van der Waals surface area contributed by atoms with Gasteiger partial charge in [0.05, 0.1) is 10.7 Å². The van der Waals surface area contributed by atoms with Gasteiger partial charge in [0.2, 0.25) is 0 Å². The van der Waals surface area contributed by atoms with Crippen LogP contribution in [0.1, 0.15) is 104 Å². The number of unbranched alkanes of at least 4 members (excludes halogenated alkanes) is 2. The van der Waals surface area contributed by atoms with Gasteiger partial charge in [-0.1, -0.05) is 96.6 Å². The minimum atomic E-state index is -0.730. The fraction of sp³-hybridized carbons (Fsp3) is 0.567. The highest BCUT2D eigenvalue weighted by molar-refractivity contribution is 6.37. The van der Waals surface area contributed by atoms with Crippen LogP contribution in [0, 0.1) is 6.92 Å². The summed E-state index contributed by atoms with van der Waals surface area (Å²) in [7, 11) is 0. The molecular formula is C30H43Cl2NO3. The zero-order chi connectivity index (χ0) is 27.3. The molecule has 2 aromatic carbocycles. The molecule has 4 nitrogen and oxygen atoms in total. The Morgan fingerprint density at radius 1 is 1.03 bits per heavy atom. The number of benzene rings is 2. The van der Waals surface area contributed by atoms with E-state index in [1.165, 1.54) is 11.6 Å². The highest BCUT2D eigenvalue weighted by Gasteiger charge is 2.29. The number of rotatable bonds is 12. The monoisotopic (exact) mass is 535 g/mol. The Labute approximate surface area is 227 Å². The first-order valence-electron chi connectivity index (χ1n) is 13.1. The van der Waals surface area contributed by atoms with Gasteiger partial charge in [0.15, 0.2) is 11.9 Å². The maximum Gasteiger partial charge on any atom is 0.265 e. The summed E-state index contributed by atoms with van der Waals surface area (Å²) in [6.45, 7) is 17.1. The van der Waals surface area contributed by atoms with E-state index in [4.69, 9.17) is 27.9 Å². The molecule has 36 heavy (non-hydrogen) atoms. The standard InChI is InChI=1S/C30H43Cl2NO3/c1-9-12-13-14-25(28(35)33-23-18-22(31)19(4)26(32)27(23)34)36-24-16-15-20(29(5,6)10-2)17-21(24)30(7,8)11-3/h15-18,25,34H,9-14H2,1-8H3,(H,33,35). The van der Waals surface area contributed by atoms with Gasteiger partial charge in [-0.15, -0.1) is 0 Å². The van der Waals surface area contributed by atoms with Crippen molar-refractivity contribution in [1.82, 2.24) is 0 Å². The highest BCUT2D eigenvalue weighted by Crippen LogP contribution is 2.41. The number of carbonyl (C=O) groups is 1. The summed E-state index contributed by atoms with van der Waals surface area (Å²) in [6, 6.07) is 7.89.